The van der Waals surface area contributed by atoms with Gasteiger partial charge in [0.1, 0.15) is 6.04 Å². The van der Waals surface area contributed by atoms with E-state index in [0.29, 0.717) is 31.1 Å². The van der Waals surface area contributed by atoms with E-state index in [2.05, 4.69) is 0 Å². The molecule has 0 aliphatic carbocycles. The van der Waals surface area contributed by atoms with Crippen molar-refractivity contribution in [2.45, 2.75) is 25.0 Å². The quantitative estimate of drug-likeness (QED) is 0.814. The Balaban J connectivity index is 1.58. The molecule has 0 aromatic heterocycles. The SMILES string of the molecule is CN1C[C@H]2CN(Cc3ccccc3Cl)C(=O)N2[C@@H](Cc2ccccc2)C1=O. The molecule has 140 valence electrons. The molecule has 0 bridgehead atoms. The molecule has 27 heavy (non-hydrogen) atoms. The van der Waals surface area contributed by atoms with Gasteiger partial charge < -0.3 is 14.7 Å². The molecule has 0 unspecified atom stereocenters. The third-order valence-electron chi connectivity index (χ3n) is 5.39. The monoisotopic (exact) mass is 383 g/mol. The maximum atomic E-state index is 13.1. The minimum atomic E-state index is -0.458. The van der Waals surface area contributed by atoms with Crippen LogP contribution in [0.2, 0.25) is 5.02 Å². The largest absolute Gasteiger partial charge is 0.342 e. The van der Waals surface area contributed by atoms with Crippen LogP contribution in [-0.2, 0) is 17.8 Å². The number of piperazine rings is 1. The fraction of sp³-hybridized carbons (Fsp3) is 0.333. The van der Waals surface area contributed by atoms with Gasteiger partial charge >= 0.3 is 6.03 Å². The molecule has 2 aromatic carbocycles. The van der Waals surface area contributed by atoms with E-state index in [4.69, 9.17) is 11.6 Å². The van der Waals surface area contributed by atoms with Crippen LogP contribution in [0.1, 0.15) is 11.1 Å². The lowest BCUT2D eigenvalue weighted by Crippen LogP contribution is -2.60. The number of amides is 3. The molecule has 2 aliphatic rings. The van der Waals surface area contributed by atoms with E-state index in [1.165, 1.54) is 0 Å². The van der Waals surface area contributed by atoms with Crippen LogP contribution in [0.3, 0.4) is 0 Å². The first-order chi connectivity index (χ1) is 13.0. The number of benzene rings is 2. The highest BCUT2D eigenvalue weighted by Crippen LogP contribution is 2.29. The van der Waals surface area contributed by atoms with E-state index in [-0.39, 0.29) is 18.0 Å². The molecule has 2 aliphatic heterocycles. The van der Waals surface area contributed by atoms with Gasteiger partial charge in [-0.3, -0.25) is 4.79 Å². The van der Waals surface area contributed by atoms with Gasteiger partial charge in [0.2, 0.25) is 5.91 Å². The Morgan fingerprint density at radius 1 is 1.00 bits per heavy atom. The molecule has 2 saturated heterocycles. The van der Waals surface area contributed by atoms with E-state index >= 15 is 0 Å². The highest BCUT2D eigenvalue weighted by Gasteiger charge is 2.48. The average molecular weight is 384 g/mol. The lowest BCUT2D eigenvalue weighted by molar-refractivity contribution is -0.139. The van der Waals surface area contributed by atoms with Gasteiger partial charge in [0.05, 0.1) is 6.04 Å². The zero-order valence-electron chi connectivity index (χ0n) is 15.2. The van der Waals surface area contributed by atoms with Crippen molar-refractivity contribution in [3.05, 3.63) is 70.7 Å². The maximum Gasteiger partial charge on any atom is 0.321 e. The normalized spacial score (nSPS) is 22.4. The number of hydrogen-bond acceptors (Lipinski definition) is 2. The molecule has 2 fully saturated rings. The highest BCUT2D eigenvalue weighted by atomic mass is 35.5. The van der Waals surface area contributed by atoms with Gasteiger partial charge in [-0.05, 0) is 17.2 Å². The van der Waals surface area contributed by atoms with Crippen LogP contribution in [0.15, 0.2) is 54.6 Å². The Kier molecular flexibility index (Phi) is 4.79. The molecular weight excluding hydrogens is 362 g/mol. The van der Waals surface area contributed by atoms with Crippen LogP contribution in [0.25, 0.3) is 0 Å². The van der Waals surface area contributed by atoms with E-state index in [0.717, 1.165) is 11.1 Å². The summed E-state index contributed by atoms with van der Waals surface area (Å²) >= 11 is 6.27. The zero-order chi connectivity index (χ0) is 19.0. The Morgan fingerprint density at radius 3 is 2.44 bits per heavy atom. The maximum absolute atomic E-state index is 13.1. The zero-order valence-corrected chi connectivity index (χ0v) is 16.0. The number of fused-ring (bicyclic) bond motifs is 1. The summed E-state index contributed by atoms with van der Waals surface area (Å²) in [6.45, 7) is 1.63. The molecule has 0 radical (unpaired) electrons. The average Bonchev–Trinajstić information content (AvgIpc) is 2.97. The summed E-state index contributed by atoms with van der Waals surface area (Å²) in [5.74, 6) is 0.00282. The van der Waals surface area contributed by atoms with Crippen molar-refractivity contribution in [1.29, 1.82) is 0 Å². The van der Waals surface area contributed by atoms with Crippen LogP contribution in [0.5, 0.6) is 0 Å². The molecule has 6 heteroatoms. The Morgan fingerprint density at radius 2 is 1.70 bits per heavy atom. The van der Waals surface area contributed by atoms with Crippen molar-refractivity contribution in [2.75, 3.05) is 20.1 Å². The molecule has 2 aromatic rings. The van der Waals surface area contributed by atoms with E-state index in [9.17, 15) is 9.59 Å². The predicted octanol–water partition coefficient (Wildman–Crippen LogP) is 3.03. The standard InChI is InChI=1S/C21H22ClN3O2/c1-23-13-17-14-24(12-16-9-5-6-10-18(16)22)21(27)25(17)19(20(23)26)11-15-7-3-2-4-8-15/h2-10,17,19H,11-14H2,1H3/t17-,19-/m0/s1. The fourth-order valence-corrected chi connectivity index (χ4v) is 4.24. The minimum absolute atomic E-state index is 0.00282. The second kappa shape index (κ2) is 7.24. The van der Waals surface area contributed by atoms with Crippen molar-refractivity contribution >= 4 is 23.5 Å². The molecule has 0 spiro atoms. The molecule has 0 N–H and O–H groups in total. The number of carbonyl (C=O) groups is 2. The summed E-state index contributed by atoms with van der Waals surface area (Å²) in [5.41, 5.74) is 1.98. The van der Waals surface area contributed by atoms with Crippen molar-refractivity contribution < 1.29 is 9.59 Å². The first-order valence-corrected chi connectivity index (χ1v) is 9.52. The Hall–Kier alpha value is -2.53. The summed E-state index contributed by atoms with van der Waals surface area (Å²) < 4.78 is 0. The molecule has 0 saturated carbocycles. The summed E-state index contributed by atoms with van der Waals surface area (Å²) in [4.78, 5) is 31.3. The summed E-state index contributed by atoms with van der Waals surface area (Å²) in [7, 11) is 1.82. The number of rotatable bonds is 4. The van der Waals surface area contributed by atoms with Crippen molar-refractivity contribution in [1.82, 2.24) is 14.7 Å². The summed E-state index contributed by atoms with van der Waals surface area (Å²) in [6, 6.07) is 16.9. The highest BCUT2D eigenvalue weighted by molar-refractivity contribution is 6.31. The van der Waals surface area contributed by atoms with Crippen LogP contribution in [-0.4, -0.2) is 58.9 Å². The molecule has 5 nitrogen and oxygen atoms in total. The van der Waals surface area contributed by atoms with Gasteiger partial charge in [-0.15, -0.1) is 0 Å². The first kappa shape index (κ1) is 17.9. The van der Waals surface area contributed by atoms with E-state index < -0.39 is 6.04 Å². The lowest BCUT2D eigenvalue weighted by Gasteiger charge is -2.40. The number of urea groups is 1. The predicted molar refractivity (Wildman–Crippen MR) is 104 cm³/mol. The van der Waals surface area contributed by atoms with Gasteiger partial charge in [-0.2, -0.15) is 0 Å². The molecule has 3 amide bonds. The summed E-state index contributed by atoms with van der Waals surface area (Å²) in [5, 5.41) is 0.657. The van der Waals surface area contributed by atoms with Crippen molar-refractivity contribution in [3.8, 4) is 0 Å². The molecule has 4 rings (SSSR count). The number of hydrogen-bond donors (Lipinski definition) is 0. The van der Waals surface area contributed by atoms with Crippen LogP contribution in [0, 0.1) is 0 Å². The molecule has 2 atom stereocenters. The Bertz CT molecular complexity index is 858. The van der Waals surface area contributed by atoms with Crippen LogP contribution < -0.4 is 0 Å². The number of carbonyl (C=O) groups excluding carboxylic acids is 2. The third-order valence-corrected chi connectivity index (χ3v) is 5.76. The molecule has 2 heterocycles. The second-order valence-corrected chi connectivity index (χ2v) is 7.65. The van der Waals surface area contributed by atoms with E-state index in [1.807, 2.05) is 61.6 Å². The lowest BCUT2D eigenvalue weighted by atomic mass is 9.99. The number of likely N-dealkylation sites (N-methyl/N-ethyl adjacent to an activating group) is 1. The topological polar surface area (TPSA) is 43.9 Å². The van der Waals surface area contributed by atoms with E-state index in [1.54, 1.807) is 14.7 Å². The second-order valence-electron chi connectivity index (χ2n) is 7.24. The smallest absolute Gasteiger partial charge is 0.321 e. The van der Waals surface area contributed by atoms with Gasteiger partial charge in [0.15, 0.2) is 0 Å². The van der Waals surface area contributed by atoms with Gasteiger partial charge in [0, 0.05) is 38.1 Å². The van der Waals surface area contributed by atoms with Crippen LogP contribution in [0.4, 0.5) is 4.79 Å². The fourth-order valence-electron chi connectivity index (χ4n) is 4.04. The van der Waals surface area contributed by atoms with Crippen LogP contribution >= 0.6 is 11.6 Å². The molecular formula is C21H22ClN3O2. The summed E-state index contributed by atoms with van der Waals surface area (Å²) in [6.07, 6.45) is 0.534. The van der Waals surface area contributed by atoms with Gasteiger partial charge in [-0.1, -0.05) is 60.1 Å². The van der Waals surface area contributed by atoms with Crippen molar-refractivity contribution in [2.24, 2.45) is 0 Å². The van der Waals surface area contributed by atoms with Crippen molar-refractivity contribution in [3.63, 3.8) is 0 Å². The number of halogens is 1. The Labute approximate surface area is 164 Å². The number of nitrogens with zero attached hydrogens (tertiary/aromatic N) is 3. The first-order valence-electron chi connectivity index (χ1n) is 9.14. The third kappa shape index (κ3) is 3.39. The van der Waals surface area contributed by atoms with Gasteiger partial charge in [0.25, 0.3) is 0 Å². The van der Waals surface area contributed by atoms with Gasteiger partial charge in [-0.25, -0.2) is 4.79 Å². The minimum Gasteiger partial charge on any atom is -0.342 e.